The highest BCUT2D eigenvalue weighted by Crippen LogP contribution is 2.38. The van der Waals surface area contributed by atoms with E-state index < -0.39 is 41.6 Å². The quantitative estimate of drug-likeness (QED) is 0.119. The first kappa shape index (κ1) is 38.8. The number of rotatable bonds is 10. The second kappa shape index (κ2) is 16.1. The highest BCUT2D eigenvalue weighted by atomic mass is 35.5. The number of carbonyl (C=O) groups excluding carboxylic acids is 4. The number of ether oxygens (including phenoxy) is 1. The van der Waals surface area contributed by atoms with Crippen LogP contribution >= 0.6 is 23.2 Å². The van der Waals surface area contributed by atoms with Gasteiger partial charge in [-0.15, -0.1) is 0 Å². The molecule has 2 aromatic heterocycles. The number of amides is 4. The number of fused-ring (bicyclic) bond motifs is 1. The largest absolute Gasteiger partial charge is 0.482 e. The van der Waals surface area contributed by atoms with E-state index in [1.807, 2.05) is 23.1 Å². The number of piperidine rings is 2. The molecule has 4 N–H and O–H groups in total. The molecule has 1 saturated carbocycles. The molecular weight excluding hydrogens is 774 g/mol. The van der Waals surface area contributed by atoms with Gasteiger partial charge in [0.15, 0.2) is 11.6 Å². The number of nitrogens with one attached hydrogen (secondary N) is 2. The number of hydrogen-bond acceptors (Lipinski definition) is 10. The Kier molecular flexibility index (Phi) is 10.9. The molecule has 13 nitrogen and oxygen atoms in total. The van der Waals surface area contributed by atoms with Gasteiger partial charge in [-0.1, -0.05) is 23.2 Å². The monoisotopic (exact) mass is 816 g/mol. The third kappa shape index (κ3) is 7.82. The van der Waals surface area contributed by atoms with Gasteiger partial charge in [0, 0.05) is 65.3 Å². The molecule has 4 aliphatic rings. The zero-order valence-corrected chi connectivity index (χ0v) is 32.9. The standard InChI is InChI=1S/C41H43Cl2FN8O5/c1-22(36-31(42)10-11-32(44)37(36)43)57-34-15-24(18-47-38(34)45)25-19-48-51(20-25)27-6-4-23(5-7-27)17-46-26-3-2-14-50(21-26)28-8-9-29-30(16-28)41(56)52(40(29)55)33-12-13-35(53)49-39(33)54/h8-11,15-16,18-20,22-23,26-27,33,46H,2-7,12-14,17,21H2,1H3,(H2,45,47)(H,49,53,54)/t22-,23?,26?,27?,33?/m1/s1. The van der Waals surface area contributed by atoms with Gasteiger partial charge >= 0.3 is 0 Å². The number of halogens is 3. The van der Waals surface area contributed by atoms with Gasteiger partial charge in [-0.25, -0.2) is 9.37 Å². The Morgan fingerprint density at radius 2 is 1.77 bits per heavy atom. The molecule has 4 aromatic rings. The molecule has 0 radical (unpaired) electrons. The molecule has 1 aliphatic carbocycles. The number of pyridine rings is 1. The Bertz CT molecular complexity index is 2240. The van der Waals surface area contributed by atoms with E-state index in [0.717, 1.165) is 79.9 Å². The van der Waals surface area contributed by atoms with Crippen LogP contribution in [0.5, 0.6) is 5.75 Å². The van der Waals surface area contributed by atoms with Crippen LogP contribution in [0.25, 0.3) is 11.1 Å². The predicted octanol–water partition coefficient (Wildman–Crippen LogP) is 6.50. The maximum Gasteiger partial charge on any atom is 0.262 e. The van der Waals surface area contributed by atoms with Crippen LogP contribution in [0.3, 0.4) is 0 Å². The molecule has 2 saturated heterocycles. The van der Waals surface area contributed by atoms with Gasteiger partial charge in [0.05, 0.1) is 28.4 Å². The van der Waals surface area contributed by atoms with Crippen molar-refractivity contribution in [3.05, 3.63) is 87.5 Å². The third-order valence-electron chi connectivity index (χ3n) is 11.7. The summed E-state index contributed by atoms with van der Waals surface area (Å²) in [5, 5.41) is 11.0. The van der Waals surface area contributed by atoms with Crippen molar-refractivity contribution in [2.45, 2.75) is 82.5 Å². The Hall–Kier alpha value is -5.05. The molecular formula is C41H43Cl2FN8O5. The third-order valence-corrected chi connectivity index (χ3v) is 12.4. The van der Waals surface area contributed by atoms with Crippen molar-refractivity contribution >= 4 is 58.3 Å². The minimum atomic E-state index is -0.983. The van der Waals surface area contributed by atoms with E-state index >= 15 is 0 Å². The number of imide groups is 2. The molecule has 0 bridgehead atoms. The SMILES string of the molecule is C[C@@H](Oc1cc(-c2cnn(C3CCC(CNC4CCCN(c5ccc6c(c5)C(=O)N(C5CCC(=O)NC5=O)C6=O)C4)CC3)c2)cnc1N)c1c(Cl)ccc(F)c1Cl. The van der Waals surface area contributed by atoms with Crippen molar-refractivity contribution in [3.8, 4) is 16.9 Å². The number of anilines is 2. The molecule has 2 aromatic carbocycles. The number of nitrogens with zero attached hydrogens (tertiary/aromatic N) is 5. The lowest BCUT2D eigenvalue weighted by molar-refractivity contribution is -0.136. The maximum atomic E-state index is 14.2. The van der Waals surface area contributed by atoms with Crippen molar-refractivity contribution in [1.29, 1.82) is 0 Å². The highest BCUT2D eigenvalue weighted by molar-refractivity contribution is 6.36. The lowest BCUT2D eigenvalue weighted by Crippen LogP contribution is -2.54. The van der Waals surface area contributed by atoms with E-state index in [0.29, 0.717) is 27.8 Å². The van der Waals surface area contributed by atoms with Gasteiger partial charge in [0.1, 0.15) is 18.0 Å². The number of carbonyl (C=O) groups is 4. The van der Waals surface area contributed by atoms with Crippen LogP contribution in [0.15, 0.2) is 55.0 Å². The Morgan fingerprint density at radius 3 is 2.56 bits per heavy atom. The Labute approximate surface area is 339 Å². The van der Waals surface area contributed by atoms with Crippen LogP contribution in [0.2, 0.25) is 10.0 Å². The molecule has 57 heavy (non-hydrogen) atoms. The summed E-state index contributed by atoms with van der Waals surface area (Å²) in [7, 11) is 0. The zero-order valence-electron chi connectivity index (χ0n) is 31.3. The van der Waals surface area contributed by atoms with E-state index in [1.54, 1.807) is 31.3 Å². The van der Waals surface area contributed by atoms with Gasteiger partial charge in [-0.3, -0.25) is 34.1 Å². The van der Waals surface area contributed by atoms with Gasteiger partial charge in [-0.2, -0.15) is 5.10 Å². The molecule has 4 amide bonds. The fraction of sp³-hybridized carbons (Fsp3) is 0.415. The smallest absolute Gasteiger partial charge is 0.262 e. The van der Waals surface area contributed by atoms with E-state index in [1.165, 1.54) is 12.1 Å². The van der Waals surface area contributed by atoms with Crippen molar-refractivity contribution < 1.29 is 28.3 Å². The summed E-state index contributed by atoms with van der Waals surface area (Å²) in [5.41, 5.74) is 9.60. The molecule has 8 rings (SSSR count). The number of hydrogen-bond donors (Lipinski definition) is 3. The van der Waals surface area contributed by atoms with E-state index in [2.05, 4.69) is 20.5 Å². The highest BCUT2D eigenvalue weighted by Gasteiger charge is 2.45. The first-order chi connectivity index (χ1) is 27.4. The fourth-order valence-corrected chi connectivity index (χ4v) is 9.22. The van der Waals surface area contributed by atoms with Crippen LogP contribution in [0.4, 0.5) is 15.9 Å². The van der Waals surface area contributed by atoms with Gasteiger partial charge in [0.2, 0.25) is 11.8 Å². The molecule has 5 heterocycles. The summed E-state index contributed by atoms with van der Waals surface area (Å²) in [6, 6.07) is 9.34. The fourth-order valence-electron chi connectivity index (χ4n) is 8.54. The molecule has 3 aliphatic heterocycles. The number of nitrogen functional groups attached to an aromatic ring is 1. The first-order valence-corrected chi connectivity index (χ1v) is 20.1. The minimum absolute atomic E-state index is 0.0846. The first-order valence-electron chi connectivity index (χ1n) is 19.4. The van der Waals surface area contributed by atoms with Crippen molar-refractivity contribution in [3.63, 3.8) is 0 Å². The van der Waals surface area contributed by atoms with Crippen molar-refractivity contribution in [1.82, 2.24) is 30.3 Å². The molecule has 298 valence electrons. The predicted molar refractivity (Wildman–Crippen MR) is 213 cm³/mol. The van der Waals surface area contributed by atoms with Crippen molar-refractivity contribution in [2.24, 2.45) is 5.92 Å². The summed E-state index contributed by atoms with van der Waals surface area (Å²) >= 11 is 12.5. The van der Waals surface area contributed by atoms with E-state index in [-0.39, 0.29) is 41.3 Å². The number of benzene rings is 2. The normalized spacial score (nSPS) is 23.1. The second-order valence-corrected chi connectivity index (χ2v) is 16.2. The lowest BCUT2D eigenvalue weighted by Gasteiger charge is -2.36. The summed E-state index contributed by atoms with van der Waals surface area (Å²) in [6.45, 7) is 4.25. The van der Waals surface area contributed by atoms with Crippen LogP contribution in [0, 0.1) is 11.7 Å². The minimum Gasteiger partial charge on any atom is -0.482 e. The lowest BCUT2D eigenvalue weighted by atomic mass is 9.85. The topological polar surface area (TPSA) is 165 Å². The molecule has 16 heteroatoms. The molecule has 0 spiro atoms. The van der Waals surface area contributed by atoms with Crippen LogP contribution in [-0.2, 0) is 9.59 Å². The summed E-state index contributed by atoms with van der Waals surface area (Å²) in [4.78, 5) is 58.3. The van der Waals surface area contributed by atoms with Crippen LogP contribution < -0.4 is 26.0 Å². The van der Waals surface area contributed by atoms with E-state index in [4.69, 9.17) is 38.8 Å². The van der Waals surface area contributed by atoms with Gasteiger partial charge < -0.3 is 20.7 Å². The Balaban J connectivity index is 0.834. The van der Waals surface area contributed by atoms with Crippen molar-refractivity contribution in [2.75, 3.05) is 30.3 Å². The number of aromatic nitrogens is 3. The average Bonchev–Trinajstić information content (AvgIpc) is 3.79. The van der Waals surface area contributed by atoms with Gasteiger partial charge in [0.25, 0.3) is 11.8 Å². The average molecular weight is 818 g/mol. The summed E-state index contributed by atoms with van der Waals surface area (Å²) in [6.07, 6.45) is 11.2. The molecule has 3 atom stereocenters. The summed E-state index contributed by atoms with van der Waals surface area (Å²) < 4.78 is 22.3. The zero-order chi connectivity index (χ0) is 40.0. The molecule has 3 fully saturated rings. The van der Waals surface area contributed by atoms with Crippen LogP contribution in [-0.4, -0.2) is 75.0 Å². The van der Waals surface area contributed by atoms with Crippen LogP contribution in [0.1, 0.15) is 96.7 Å². The maximum absolute atomic E-state index is 14.2. The summed E-state index contributed by atoms with van der Waals surface area (Å²) in [5.74, 6) is -1.53. The van der Waals surface area contributed by atoms with E-state index in [9.17, 15) is 23.6 Å². The Morgan fingerprint density at radius 1 is 0.982 bits per heavy atom. The van der Waals surface area contributed by atoms with Gasteiger partial charge in [-0.05, 0) is 101 Å². The second-order valence-electron chi connectivity index (χ2n) is 15.4. The number of nitrogens with two attached hydrogens (primary N) is 1. The molecule has 2 unspecified atom stereocenters.